The van der Waals surface area contributed by atoms with E-state index in [4.69, 9.17) is 18.0 Å². The lowest BCUT2D eigenvalue weighted by molar-refractivity contribution is -0.121. The van der Waals surface area contributed by atoms with Gasteiger partial charge in [-0.2, -0.15) is 0 Å². The van der Waals surface area contributed by atoms with Gasteiger partial charge in [0.15, 0.2) is 0 Å². The van der Waals surface area contributed by atoms with Gasteiger partial charge in [-0.05, 0) is 47.0 Å². The van der Waals surface area contributed by atoms with Gasteiger partial charge in [-0.25, -0.2) is 0 Å². The summed E-state index contributed by atoms with van der Waals surface area (Å²) >= 11 is 8.36. The minimum Gasteiger partial charge on any atom is -0.389 e. The highest BCUT2D eigenvalue weighted by molar-refractivity contribution is 9.10. The van der Waals surface area contributed by atoms with E-state index in [1.807, 2.05) is 25.1 Å². The molecule has 0 aliphatic carbocycles. The highest BCUT2D eigenvalue weighted by atomic mass is 79.9. The van der Waals surface area contributed by atoms with Crippen LogP contribution in [0, 0.1) is 5.92 Å². The molecule has 110 valence electrons. The quantitative estimate of drug-likeness (QED) is 0.684. The van der Waals surface area contributed by atoms with E-state index in [9.17, 15) is 4.79 Å². The molecule has 0 aromatic heterocycles. The van der Waals surface area contributed by atoms with E-state index in [1.165, 1.54) is 0 Å². The molecule has 1 unspecified atom stereocenters. The number of carbonyl (C=O) groups excluding carboxylic acids is 1. The number of rotatable bonds is 6. The van der Waals surface area contributed by atoms with Crippen LogP contribution < -0.4 is 16.4 Å². The maximum absolute atomic E-state index is 11.9. The molecule has 0 spiro atoms. The highest BCUT2D eigenvalue weighted by Gasteiger charge is 2.13. The number of hydrogen-bond acceptors (Lipinski definition) is 3. The number of carbonyl (C=O) groups is 1. The summed E-state index contributed by atoms with van der Waals surface area (Å²) in [5.74, 6) is 0.415. The molecule has 0 bridgehead atoms. The third-order valence-corrected chi connectivity index (χ3v) is 3.57. The van der Waals surface area contributed by atoms with E-state index in [0.717, 1.165) is 15.7 Å². The van der Waals surface area contributed by atoms with E-state index in [1.54, 1.807) is 0 Å². The number of hydrogen-bond donors (Lipinski definition) is 3. The van der Waals surface area contributed by atoms with Crippen molar-refractivity contribution in [2.75, 3.05) is 11.9 Å². The molecule has 0 aliphatic heterocycles. The Bertz CT molecular complexity index is 505. The third-order valence-electron chi connectivity index (χ3n) is 2.70. The number of anilines is 1. The van der Waals surface area contributed by atoms with Crippen LogP contribution in [-0.4, -0.2) is 23.5 Å². The van der Waals surface area contributed by atoms with E-state index in [2.05, 4.69) is 40.4 Å². The summed E-state index contributed by atoms with van der Waals surface area (Å²) < 4.78 is 0.810. The van der Waals surface area contributed by atoms with E-state index in [0.29, 0.717) is 17.5 Å². The first-order chi connectivity index (χ1) is 9.31. The van der Waals surface area contributed by atoms with Crippen LogP contribution in [-0.2, 0) is 4.79 Å². The SMILES string of the molecule is CC(C)CNC(=O)C(C)Nc1ccc(C(N)=S)c(Br)c1. The predicted octanol–water partition coefficient (Wildman–Crippen LogP) is 2.66. The Hall–Kier alpha value is -1.14. The Morgan fingerprint density at radius 2 is 2.05 bits per heavy atom. The van der Waals surface area contributed by atoms with Gasteiger partial charge >= 0.3 is 0 Å². The second-order valence-electron chi connectivity index (χ2n) is 5.06. The molecule has 0 heterocycles. The van der Waals surface area contributed by atoms with E-state index >= 15 is 0 Å². The van der Waals surface area contributed by atoms with Crippen molar-refractivity contribution in [2.45, 2.75) is 26.8 Å². The third kappa shape index (κ3) is 5.09. The Kier molecular flexibility index (Phi) is 6.42. The monoisotopic (exact) mass is 357 g/mol. The molecule has 4 nitrogen and oxygen atoms in total. The van der Waals surface area contributed by atoms with Crippen molar-refractivity contribution in [2.24, 2.45) is 11.7 Å². The summed E-state index contributed by atoms with van der Waals surface area (Å²) in [6, 6.07) is 5.23. The summed E-state index contributed by atoms with van der Waals surface area (Å²) in [6.45, 7) is 6.62. The Balaban J connectivity index is 2.66. The van der Waals surface area contributed by atoms with Crippen LogP contribution in [0.2, 0.25) is 0 Å². The van der Waals surface area contributed by atoms with Crippen LogP contribution in [0.1, 0.15) is 26.3 Å². The van der Waals surface area contributed by atoms with Crippen molar-refractivity contribution in [1.82, 2.24) is 5.32 Å². The van der Waals surface area contributed by atoms with Crippen LogP contribution in [0.4, 0.5) is 5.69 Å². The fourth-order valence-corrected chi connectivity index (χ4v) is 2.48. The molecule has 20 heavy (non-hydrogen) atoms. The molecular weight excluding hydrogens is 338 g/mol. The Morgan fingerprint density at radius 1 is 1.40 bits per heavy atom. The molecule has 0 saturated heterocycles. The molecule has 1 amide bonds. The Labute approximate surface area is 133 Å². The van der Waals surface area contributed by atoms with Gasteiger partial charge in [0, 0.05) is 22.3 Å². The summed E-state index contributed by atoms with van der Waals surface area (Å²) in [5.41, 5.74) is 7.22. The second-order valence-corrected chi connectivity index (χ2v) is 6.36. The molecule has 1 aromatic carbocycles. The molecule has 0 aliphatic rings. The molecule has 1 aromatic rings. The van der Waals surface area contributed by atoms with Gasteiger partial charge in [0.1, 0.15) is 11.0 Å². The standard InChI is InChI=1S/C14H20BrN3OS/c1-8(2)7-17-14(19)9(3)18-10-4-5-11(13(16)20)12(15)6-10/h4-6,8-9,18H,7H2,1-3H3,(H2,16,20)(H,17,19). The summed E-state index contributed by atoms with van der Waals surface area (Å²) in [6.07, 6.45) is 0. The van der Waals surface area contributed by atoms with Crippen LogP contribution in [0.3, 0.4) is 0 Å². The number of benzene rings is 1. The largest absolute Gasteiger partial charge is 0.389 e. The Morgan fingerprint density at radius 3 is 2.55 bits per heavy atom. The van der Waals surface area contributed by atoms with Crippen LogP contribution in [0.15, 0.2) is 22.7 Å². The molecule has 1 rings (SSSR count). The zero-order chi connectivity index (χ0) is 15.3. The van der Waals surface area contributed by atoms with E-state index in [-0.39, 0.29) is 11.9 Å². The normalized spacial score (nSPS) is 12.1. The van der Waals surface area contributed by atoms with Crippen molar-refractivity contribution >= 4 is 44.7 Å². The van der Waals surface area contributed by atoms with Crippen molar-refractivity contribution in [3.8, 4) is 0 Å². The minimum absolute atomic E-state index is 0.0201. The van der Waals surface area contributed by atoms with Gasteiger partial charge in [-0.3, -0.25) is 4.79 Å². The highest BCUT2D eigenvalue weighted by Crippen LogP contribution is 2.22. The van der Waals surface area contributed by atoms with Crippen molar-refractivity contribution in [3.05, 3.63) is 28.2 Å². The lowest BCUT2D eigenvalue weighted by atomic mass is 10.2. The number of halogens is 1. The first-order valence-corrected chi connectivity index (χ1v) is 7.65. The zero-order valence-electron chi connectivity index (χ0n) is 11.9. The van der Waals surface area contributed by atoms with Crippen LogP contribution in [0.5, 0.6) is 0 Å². The lowest BCUT2D eigenvalue weighted by Crippen LogP contribution is -2.39. The molecule has 6 heteroatoms. The van der Waals surface area contributed by atoms with Crippen molar-refractivity contribution in [1.29, 1.82) is 0 Å². The summed E-state index contributed by atoms with van der Waals surface area (Å²) in [7, 11) is 0. The molecule has 0 fully saturated rings. The molecule has 1 atom stereocenters. The van der Waals surface area contributed by atoms with Gasteiger partial charge < -0.3 is 16.4 Å². The fourth-order valence-electron chi connectivity index (χ4n) is 1.58. The van der Waals surface area contributed by atoms with Gasteiger partial charge in [0.05, 0.1) is 0 Å². The average Bonchev–Trinajstić information content (AvgIpc) is 2.35. The predicted molar refractivity (Wildman–Crippen MR) is 91.0 cm³/mol. The van der Waals surface area contributed by atoms with Crippen LogP contribution >= 0.6 is 28.1 Å². The van der Waals surface area contributed by atoms with Gasteiger partial charge in [-0.1, -0.05) is 26.1 Å². The summed E-state index contributed by atoms with van der Waals surface area (Å²) in [4.78, 5) is 12.2. The first-order valence-electron chi connectivity index (χ1n) is 6.45. The molecule has 4 N–H and O–H groups in total. The topological polar surface area (TPSA) is 67.2 Å². The minimum atomic E-state index is -0.309. The summed E-state index contributed by atoms with van der Waals surface area (Å²) in [5, 5.41) is 6.04. The number of nitrogens with one attached hydrogen (secondary N) is 2. The number of thiocarbonyl (C=S) groups is 1. The van der Waals surface area contributed by atoms with Crippen LogP contribution in [0.25, 0.3) is 0 Å². The molecular formula is C14H20BrN3OS. The van der Waals surface area contributed by atoms with Crippen molar-refractivity contribution in [3.63, 3.8) is 0 Å². The number of nitrogens with two attached hydrogens (primary N) is 1. The smallest absolute Gasteiger partial charge is 0.242 e. The van der Waals surface area contributed by atoms with Crippen molar-refractivity contribution < 1.29 is 4.79 Å². The van der Waals surface area contributed by atoms with E-state index < -0.39 is 0 Å². The number of amides is 1. The van der Waals surface area contributed by atoms with Gasteiger partial charge in [0.25, 0.3) is 0 Å². The van der Waals surface area contributed by atoms with Gasteiger partial charge in [0.2, 0.25) is 5.91 Å². The molecule has 0 saturated carbocycles. The van der Waals surface area contributed by atoms with Gasteiger partial charge in [-0.15, -0.1) is 0 Å². The first kappa shape index (κ1) is 16.9. The lowest BCUT2D eigenvalue weighted by Gasteiger charge is -2.17. The fraction of sp³-hybridized carbons (Fsp3) is 0.429. The maximum atomic E-state index is 11.9. The second kappa shape index (κ2) is 7.59. The zero-order valence-corrected chi connectivity index (χ0v) is 14.3. The average molecular weight is 358 g/mol. The molecule has 0 radical (unpaired) electrons. The maximum Gasteiger partial charge on any atom is 0.242 e.